The van der Waals surface area contributed by atoms with Gasteiger partial charge < -0.3 is 10.8 Å². The highest BCUT2D eigenvalue weighted by Gasteiger charge is 2.31. The van der Waals surface area contributed by atoms with Crippen molar-refractivity contribution in [1.29, 1.82) is 0 Å². The fourth-order valence-electron chi connectivity index (χ4n) is 2.69. The molecule has 0 atom stereocenters. The minimum absolute atomic E-state index is 0.0299. The first-order valence-corrected chi connectivity index (χ1v) is 8.49. The van der Waals surface area contributed by atoms with E-state index in [2.05, 4.69) is 0 Å². The molecule has 0 aliphatic rings. The van der Waals surface area contributed by atoms with Gasteiger partial charge in [-0.05, 0) is 36.1 Å². The summed E-state index contributed by atoms with van der Waals surface area (Å²) in [6, 6.07) is 14.6. The van der Waals surface area contributed by atoms with Crippen molar-refractivity contribution in [3.63, 3.8) is 0 Å². The van der Waals surface area contributed by atoms with Crippen LogP contribution in [0, 0.1) is 0 Å². The summed E-state index contributed by atoms with van der Waals surface area (Å²) in [6.45, 7) is 0. The molecule has 130 valence electrons. The second-order valence-electron chi connectivity index (χ2n) is 5.68. The molecule has 2 nitrogen and oxygen atoms in total. The third-order valence-corrected chi connectivity index (χ3v) is 5.01. The van der Waals surface area contributed by atoms with Gasteiger partial charge in [-0.25, -0.2) is 0 Å². The first-order chi connectivity index (χ1) is 11.9. The molecular formula is C19H16F3NOS. The van der Waals surface area contributed by atoms with Gasteiger partial charge in [0.05, 0.1) is 16.1 Å². The van der Waals surface area contributed by atoms with E-state index in [1.54, 1.807) is 0 Å². The highest BCUT2D eigenvalue weighted by Crippen LogP contribution is 2.45. The van der Waals surface area contributed by atoms with Crippen LogP contribution in [0.5, 0.6) is 5.75 Å². The second-order valence-corrected chi connectivity index (χ2v) is 6.81. The van der Waals surface area contributed by atoms with Gasteiger partial charge in [-0.1, -0.05) is 42.5 Å². The van der Waals surface area contributed by atoms with Crippen LogP contribution in [-0.4, -0.2) is 5.11 Å². The number of halogens is 3. The number of hydrogen-bond acceptors (Lipinski definition) is 3. The molecule has 1 heterocycles. The standard InChI is InChI=1S/C19H16F3NOS/c20-19(21,22)14-8-4-7-13(11-14)16-17(24)15(25-18(16)23)10-9-12-5-2-1-3-6-12/h1-8,11,24H,9-10,23H2. The average Bonchev–Trinajstić information content (AvgIpc) is 2.87. The van der Waals surface area contributed by atoms with Gasteiger partial charge in [-0.3, -0.25) is 0 Å². The smallest absolute Gasteiger partial charge is 0.416 e. The van der Waals surface area contributed by atoms with Crippen molar-refractivity contribution in [2.24, 2.45) is 0 Å². The van der Waals surface area contributed by atoms with E-state index < -0.39 is 11.7 Å². The SMILES string of the molecule is Nc1sc(CCc2ccccc2)c(O)c1-c1cccc(C(F)(F)F)c1. The predicted octanol–water partition coefficient (Wildman–Crippen LogP) is 5.51. The molecule has 2 aromatic carbocycles. The van der Waals surface area contributed by atoms with Gasteiger partial charge in [0, 0.05) is 4.88 Å². The Morgan fingerprint density at radius 1 is 0.960 bits per heavy atom. The van der Waals surface area contributed by atoms with Crippen LogP contribution >= 0.6 is 11.3 Å². The third-order valence-electron chi connectivity index (χ3n) is 3.94. The fourth-order valence-corrected chi connectivity index (χ4v) is 3.68. The Morgan fingerprint density at radius 3 is 2.36 bits per heavy atom. The zero-order valence-electron chi connectivity index (χ0n) is 13.2. The first-order valence-electron chi connectivity index (χ1n) is 7.68. The maximum atomic E-state index is 12.9. The van der Waals surface area contributed by atoms with E-state index in [1.165, 1.54) is 23.5 Å². The van der Waals surface area contributed by atoms with Gasteiger partial charge in [0.1, 0.15) is 5.75 Å². The molecule has 3 rings (SSSR count). The van der Waals surface area contributed by atoms with Crippen LogP contribution in [0.3, 0.4) is 0 Å². The van der Waals surface area contributed by atoms with E-state index in [-0.39, 0.29) is 16.9 Å². The van der Waals surface area contributed by atoms with Gasteiger partial charge in [0.15, 0.2) is 0 Å². The van der Waals surface area contributed by atoms with Gasteiger partial charge in [0.25, 0.3) is 0 Å². The number of benzene rings is 2. The molecule has 0 spiro atoms. The minimum Gasteiger partial charge on any atom is -0.506 e. The molecule has 3 aromatic rings. The summed E-state index contributed by atoms with van der Waals surface area (Å²) in [6.07, 6.45) is -3.15. The average molecular weight is 363 g/mol. The zero-order chi connectivity index (χ0) is 18.0. The van der Waals surface area contributed by atoms with E-state index in [1.807, 2.05) is 30.3 Å². The Kier molecular flexibility index (Phi) is 4.72. The van der Waals surface area contributed by atoms with Crippen LogP contribution in [-0.2, 0) is 19.0 Å². The summed E-state index contributed by atoms with van der Waals surface area (Å²) in [4.78, 5) is 0.675. The molecule has 0 saturated heterocycles. The van der Waals surface area contributed by atoms with E-state index in [9.17, 15) is 18.3 Å². The number of nitrogen functional groups attached to an aromatic ring is 1. The van der Waals surface area contributed by atoms with Crippen molar-refractivity contribution in [3.05, 3.63) is 70.6 Å². The Labute approximate surface area is 147 Å². The molecule has 0 bridgehead atoms. The number of rotatable bonds is 4. The van der Waals surface area contributed by atoms with Crippen LogP contribution in [0.4, 0.5) is 18.2 Å². The molecule has 0 saturated carbocycles. The lowest BCUT2D eigenvalue weighted by Crippen LogP contribution is -2.04. The summed E-state index contributed by atoms with van der Waals surface area (Å²) in [5.74, 6) is -0.0299. The number of anilines is 1. The van der Waals surface area contributed by atoms with Crippen LogP contribution in [0.2, 0.25) is 0 Å². The van der Waals surface area contributed by atoms with Crippen LogP contribution in [0.1, 0.15) is 16.0 Å². The third kappa shape index (κ3) is 3.79. The summed E-state index contributed by atoms with van der Waals surface area (Å²) >= 11 is 1.21. The Bertz CT molecular complexity index is 872. The van der Waals surface area contributed by atoms with Crippen molar-refractivity contribution in [2.45, 2.75) is 19.0 Å². The van der Waals surface area contributed by atoms with Gasteiger partial charge in [0.2, 0.25) is 0 Å². The Morgan fingerprint density at radius 2 is 1.68 bits per heavy atom. The predicted molar refractivity (Wildman–Crippen MR) is 94.7 cm³/mol. The van der Waals surface area contributed by atoms with Gasteiger partial charge >= 0.3 is 6.18 Å². The molecule has 25 heavy (non-hydrogen) atoms. The Hall–Kier alpha value is -2.47. The van der Waals surface area contributed by atoms with Crippen LogP contribution < -0.4 is 5.73 Å². The number of alkyl halides is 3. The minimum atomic E-state index is -4.44. The van der Waals surface area contributed by atoms with Crippen LogP contribution in [0.25, 0.3) is 11.1 Å². The van der Waals surface area contributed by atoms with Gasteiger partial charge in [-0.15, -0.1) is 11.3 Å². The lowest BCUT2D eigenvalue weighted by Gasteiger charge is -2.09. The molecule has 6 heteroatoms. The molecule has 0 unspecified atom stereocenters. The summed E-state index contributed by atoms with van der Waals surface area (Å²) in [5, 5.41) is 10.8. The summed E-state index contributed by atoms with van der Waals surface area (Å²) < 4.78 is 38.7. The maximum absolute atomic E-state index is 12.9. The van der Waals surface area contributed by atoms with Crippen molar-refractivity contribution in [1.82, 2.24) is 0 Å². The largest absolute Gasteiger partial charge is 0.506 e. The van der Waals surface area contributed by atoms with E-state index >= 15 is 0 Å². The molecule has 3 N–H and O–H groups in total. The van der Waals surface area contributed by atoms with E-state index in [4.69, 9.17) is 5.73 Å². The molecular weight excluding hydrogens is 347 g/mol. The lowest BCUT2D eigenvalue weighted by molar-refractivity contribution is -0.137. The van der Waals surface area contributed by atoms with Crippen molar-refractivity contribution >= 4 is 16.3 Å². The normalized spacial score (nSPS) is 11.6. The molecule has 0 aliphatic heterocycles. The molecule has 0 amide bonds. The quantitative estimate of drug-likeness (QED) is 0.642. The molecule has 1 aromatic heterocycles. The number of thiophene rings is 1. The molecule has 0 radical (unpaired) electrons. The highest BCUT2D eigenvalue weighted by atomic mass is 32.1. The van der Waals surface area contributed by atoms with E-state index in [0.29, 0.717) is 16.3 Å². The summed E-state index contributed by atoms with van der Waals surface area (Å²) in [5.41, 5.74) is 6.88. The lowest BCUT2D eigenvalue weighted by atomic mass is 10.0. The van der Waals surface area contributed by atoms with Gasteiger partial charge in [-0.2, -0.15) is 13.2 Å². The number of aromatic hydroxyl groups is 1. The van der Waals surface area contributed by atoms with Crippen molar-refractivity contribution < 1.29 is 18.3 Å². The Balaban J connectivity index is 1.90. The van der Waals surface area contributed by atoms with Crippen molar-refractivity contribution in [2.75, 3.05) is 5.73 Å². The molecule has 0 fully saturated rings. The number of aryl methyl sites for hydroxylation is 2. The van der Waals surface area contributed by atoms with E-state index in [0.717, 1.165) is 24.1 Å². The van der Waals surface area contributed by atoms with Crippen molar-refractivity contribution in [3.8, 4) is 16.9 Å². The second kappa shape index (κ2) is 6.80. The topological polar surface area (TPSA) is 46.2 Å². The molecule has 0 aliphatic carbocycles. The fraction of sp³-hybridized carbons (Fsp3) is 0.158. The zero-order valence-corrected chi connectivity index (χ0v) is 14.0. The number of nitrogens with two attached hydrogens (primary N) is 1. The summed E-state index contributed by atoms with van der Waals surface area (Å²) in [7, 11) is 0. The first kappa shape index (κ1) is 17.4. The number of hydrogen-bond donors (Lipinski definition) is 2. The monoisotopic (exact) mass is 363 g/mol. The highest BCUT2D eigenvalue weighted by molar-refractivity contribution is 7.17. The van der Waals surface area contributed by atoms with Crippen LogP contribution in [0.15, 0.2) is 54.6 Å². The maximum Gasteiger partial charge on any atom is 0.416 e.